The smallest absolute Gasteiger partial charge is 0.410 e. The Kier molecular flexibility index (Phi) is 3.98. The molecule has 1 heterocycles. The van der Waals surface area contributed by atoms with E-state index in [1.165, 1.54) is 0 Å². The van der Waals surface area contributed by atoms with Crippen molar-refractivity contribution in [2.45, 2.75) is 58.5 Å². The van der Waals surface area contributed by atoms with E-state index in [1.807, 2.05) is 20.8 Å². The molecular formula is C15H25NO4. The third kappa shape index (κ3) is 3.25. The number of carboxylic acids is 1. The largest absolute Gasteiger partial charge is 0.481 e. The molecule has 1 aliphatic heterocycles. The summed E-state index contributed by atoms with van der Waals surface area (Å²) >= 11 is 0. The standard InChI is InChI=1S/C15H25NO4/c1-14(2,3)20-13(19)16-8-6-15(7-9-16)5-4-11(15)10-12(17)18/h11H,4-10H2,1-3H3,(H,17,18). The quantitative estimate of drug-likeness (QED) is 0.846. The second-order valence-corrected chi connectivity index (χ2v) is 7.16. The zero-order chi connectivity index (χ0) is 15.0. The molecule has 1 aliphatic carbocycles. The molecular weight excluding hydrogens is 258 g/mol. The first-order valence-corrected chi connectivity index (χ1v) is 7.42. The maximum absolute atomic E-state index is 12.0. The maximum Gasteiger partial charge on any atom is 0.410 e. The van der Waals surface area contributed by atoms with Gasteiger partial charge in [-0.2, -0.15) is 0 Å². The molecule has 0 radical (unpaired) electrons. The molecule has 1 spiro atoms. The number of amides is 1. The molecule has 2 fully saturated rings. The van der Waals surface area contributed by atoms with Crippen molar-refractivity contribution in [2.75, 3.05) is 13.1 Å². The van der Waals surface area contributed by atoms with Crippen molar-refractivity contribution >= 4 is 12.1 Å². The van der Waals surface area contributed by atoms with Crippen molar-refractivity contribution in [3.05, 3.63) is 0 Å². The Morgan fingerprint density at radius 1 is 1.25 bits per heavy atom. The highest BCUT2D eigenvalue weighted by Crippen LogP contribution is 2.55. The van der Waals surface area contributed by atoms with Crippen LogP contribution in [0.5, 0.6) is 0 Å². The van der Waals surface area contributed by atoms with Gasteiger partial charge in [-0.25, -0.2) is 4.79 Å². The van der Waals surface area contributed by atoms with Crippen molar-refractivity contribution in [3.8, 4) is 0 Å². The van der Waals surface area contributed by atoms with E-state index in [1.54, 1.807) is 4.90 Å². The van der Waals surface area contributed by atoms with Crippen LogP contribution in [-0.2, 0) is 9.53 Å². The number of piperidine rings is 1. The van der Waals surface area contributed by atoms with Crippen LogP contribution in [0.4, 0.5) is 4.79 Å². The van der Waals surface area contributed by atoms with Gasteiger partial charge >= 0.3 is 12.1 Å². The van der Waals surface area contributed by atoms with Crippen LogP contribution < -0.4 is 0 Å². The van der Waals surface area contributed by atoms with Crippen LogP contribution >= 0.6 is 0 Å². The Bertz CT molecular complexity index is 391. The van der Waals surface area contributed by atoms with Crippen molar-refractivity contribution in [2.24, 2.45) is 11.3 Å². The average molecular weight is 283 g/mol. The van der Waals surface area contributed by atoms with Crippen LogP contribution in [0, 0.1) is 11.3 Å². The zero-order valence-electron chi connectivity index (χ0n) is 12.6. The summed E-state index contributed by atoms with van der Waals surface area (Å²) < 4.78 is 5.38. The lowest BCUT2D eigenvalue weighted by molar-refractivity contribution is -0.143. The molecule has 1 atom stereocenters. The van der Waals surface area contributed by atoms with E-state index in [9.17, 15) is 9.59 Å². The Balaban J connectivity index is 1.86. The molecule has 20 heavy (non-hydrogen) atoms. The molecule has 5 heteroatoms. The van der Waals surface area contributed by atoms with Crippen molar-refractivity contribution in [1.82, 2.24) is 4.90 Å². The average Bonchev–Trinajstić information content (AvgIpc) is 2.33. The van der Waals surface area contributed by atoms with Crippen LogP contribution in [0.1, 0.15) is 52.9 Å². The second kappa shape index (κ2) is 5.26. The van der Waals surface area contributed by atoms with Gasteiger partial charge in [0.2, 0.25) is 0 Å². The Morgan fingerprint density at radius 3 is 2.25 bits per heavy atom. The van der Waals surface area contributed by atoms with Crippen LogP contribution in [-0.4, -0.2) is 40.8 Å². The normalized spacial score (nSPS) is 25.1. The van der Waals surface area contributed by atoms with Crippen molar-refractivity contribution in [3.63, 3.8) is 0 Å². The molecule has 1 unspecified atom stereocenters. The molecule has 0 aromatic carbocycles. The number of rotatable bonds is 2. The summed E-state index contributed by atoms with van der Waals surface area (Å²) in [4.78, 5) is 24.6. The molecule has 1 amide bonds. The van der Waals surface area contributed by atoms with Crippen molar-refractivity contribution < 1.29 is 19.4 Å². The Morgan fingerprint density at radius 2 is 1.85 bits per heavy atom. The fourth-order valence-electron chi connectivity index (χ4n) is 3.41. The van der Waals surface area contributed by atoms with E-state index in [2.05, 4.69) is 0 Å². The van der Waals surface area contributed by atoms with Gasteiger partial charge in [0, 0.05) is 19.5 Å². The minimum Gasteiger partial charge on any atom is -0.481 e. The first-order valence-electron chi connectivity index (χ1n) is 7.42. The van der Waals surface area contributed by atoms with Gasteiger partial charge in [-0.3, -0.25) is 4.79 Å². The topological polar surface area (TPSA) is 66.8 Å². The minimum absolute atomic E-state index is 0.164. The number of likely N-dealkylation sites (tertiary alicyclic amines) is 1. The van der Waals surface area contributed by atoms with Gasteiger partial charge in [0.25, 0.3) is 0 Å². The van der Waals surface area contributed by atoms with Gasteiger partial charge in [-0.05, 0) is 57.8 Å². The molecule has 114 valence electrons. The highest BCUT2D eigenvalue weighted by Gasteiger charge is 2.49. The molecule has 1 N–H and O–H groups in total. The highest BCUT2D eigenvalue weighted by atomic mass is 16.6. The minimum atomic E-state index is -0.705. The number of hydrogen-bond donors (Lipinski definition) is 1. The third-order valence-corrected chi connectivity index (χ3v) is 4.69. The van der Waals surface area contributed by atoms with E-state index in [-0.39, 0.29) is 17.9 Å². The summed E-state index contributed by atoms with van der Waals surface area (Å²) in [5, 5.41) is 8.95. The van der Waals surface area contributed by atoms with Crippen LogP contribution in [0.2, 0.25) is 0 Å². The number of carbonyl (C=O) groups is 2. The number of carboxylic acid groups (broad SMARTS) is 1. The Labute approximate surface area is 120 Å². The van der Waals surface area contributed by atoms with E-state index < -0.39 is 11.6 Å². The van der Waals surface area contributed by atoms with Gasteiger partial charge in [0.15, 0.2) is 0 Å². The molecule has 1 saturated carbocycles. The first kappa shape index (κ1) is 15.1. The summed E-state index contributed by atoms with van der Waals surface area (Å²) in [6, 6.07) is 0. The lowest BCUT2D eigenvalue weighted by Gasteiger charge is -2.53. The lowest BCUT2D eigenvalue weighted by atomic mass is 9.54. The van der Waals surface area contributed by atoms with Gasteiger partial charge < -0.3 is 14.7 Å². The number of carbonyl (C=O) groups excluding carboxylic acids is 1. The molecule has 2 aliphatic rings. The van der Waals surface area contributed by atoms with Crippen molar-refractivity contribution in [1.29, 1.82) is 0 Å². The molecule has 0 bridgehead atoms. The number of ether oxygens (including phenoxy) is 1. The predicted octanol–water partition coefficient (Wildman–Crippen LogP) is 2.89. The Hall–Kier alpha value is -1.26. The lowest BCUT2D eigenvalue weighted by Crippen LogP contribution is -2.51. The molecule has 0 aromatic heterocycles. The number of hydrogen-bond acceptors (Lipinski definition) is 3. The van der Waals surface area contributed by atoms with Gasteiger partial charge in [-0.1, -0.05) is 0 Å². The second-order valence-electron chi connectivity index (χ2n) is 7.16. The zero-order valence-corrected chi connectivity index (χ0v) is 12.6. The first-order chi connectivity index (χ1) is 9.22. The summed E-state index contributed by atoms with van der Waals surface area (Å²) in [5.74, 6) is -0.413. The summed E-state index contributed by atoms with van der Waals surface area (Å²) in [6.45, 7) is 6.97. The van der Waals surface area contributed by atoms with Crippen LogP contribution in [0.3, 0.4) is 0 Å². The maximum atomic E-state index is 12.0. The molecule has 5 nitrogen and oxygen atoms in total. The van der Waals surface area contributed by atoms with Gasteiger partial charge in [0.05, 0.1) is 0 Å². The number of aliphatic carboxylic acids is 1. The molecule has 1 saturated heterocycles. The third-order valence-electron chi connectivity index (χ3n) is 4.69. The fraction of sp³-hybridized carbons (Fsp3) is 0.867. The SMILES string of the molecule is CC(C)(C)OC(=O)N1CCC2(CCC2CC(=O)O)CC1. The summed E-state index contributed by atoms with van der Waals surface area (Å²) in [6.07, 6.45) is 3.95. The van der Waals surface area contributed by atoms with E-state index in [4.69, 9.17) is 9.84 Å². The van der Waals surface area contributed by atoms with Crippen LogP contribution in [0.15, 0.2) is 0 Å². The van der Waals surface area contributed by atoms with Gasteiger partial charge in [-0.15, -0.1) is 0 Å². The molecule has 2 rings (SSSR count). The van der Waals surface area contributed by atoms with E-state index in [0.717, 1.165) is 25.7 Å². The number of nitrogens with zero attached hydrogens (tertiary/aromatic N) is 1. The van der Waals surface area contributed by atoms with Crippen LogP contribution in [0.25, 0.3) is 0 Å². The predicted molar refractivity (Wildman–Crippen MR) is 74.5 cm³/mol. The molecule has 0 aromatic rings. The summed E-state index contributed by atoms with van der Waals surface area (Å²) in [5.41, 5.74) is -0.300. The fourth-order valence-corrected chi connectivity index (χ4v) is 3.41. The highest BCUT2D eigenvalue weighted by molar-refractivity contribution is 5.68. The van der Waals surface area contributed by atoms with E-state index in [0.29, 0.717) is 19.0 Å². The van der Waals surface area contributed by atoms with E-state index >= 15 is 0 Å². The monoisotopic (exact) mass is 283 g/mol. The van der Waals surface area contributed by atoms with Gasteiger partial charge in [0.1, 0.15) is 5.60 Å². The summed E-state index contributed by atoms with van der Waals surface area (Å²) in [7, 11) is 0.